The predicted molar refractivity (Wildman–Crippen MR) is 90.5 cm³/mol. The smallest absolute Gasteiger partial charge is 0.322 e. The quantitative estimate of drug-likeness (QED) is 0.722. The van der Waals surface area contributed by atoms with E-state index in [0.29, 0.717) is 12.8 Å². The van der Waals surface area contributed by atoms with Crippen molar-refractivity contribution in [3.63, 3.8) is 0 Å². The third-order valence-electron chi connectivity index (χ3n) is 4.51. The molecule has 26 heavy (non-hydrogen) atoms. The number of nitrogens with zero attached hydrogens (tertiary/aromatic N) is 1. The van der Waals surface area contributed by atoms with Crippen LogP contribution in [-0.4, -0.2) is 55.1 Å². The van der Waals surface area contributed by atoms with E-state index in [1.165, 1.54) is 23.4 Å². The number of carbonyl (C=O) groups excluding carboxylic acids is 2. The summed E-state index contributed by atoms with van der Waals surface area (Å²) in [6.45, 7) is 1.78. The highest BCUT2D eigenvalue weighted by Crippen LogP contribution is 2.24. The van der Waals surface area contributed by atoms with E-state index in [9.17, 15) is 22.4 Å². The number of urea groups is 1. The maximum atomic E-state index is 13.6. The van der Waals surface area contributed by atoms with Crippen molar-refractivity contribution in [2.45, 2.75) is 31.4 Å². The van der Waals surface area contributed by atoms with Gasteiger partial charge in [-0.15, -0.1) is 0 Å². The van der Waals surface area contributed by atoms with Crippen molar-refractivity contribution in [2.24, 2.45) is 0 Å². The molecule has 0 spiro atoms. The number of carbonyl (C=O) groups is 2. The maximum Gasteiger partial charge on any atom is 0.322 e. The normalized spacial score (nSPS) is 25.0. The third-order valence-corrected chi connectivity index (χ3v) is 6.61. The van der Waals surface area contributed by atoms with E-state index in [1.54, 1.807) is 12.1 Å². The predicted octanol–water partition coefficient (Wildman–Crippen LogP) is 0.597. The van der Waals surface area contributed by atoms with Gasteiger partial charge in [-0.05, 0) is 31.9 Å². The summed E-state index contributed by atoms with van der Waals surface area (Å²) in [4.78, 5) is 23.1. The molecule has 0 radical (unpaired) electrons. The molecule has 142 valence electrons. The monoisotopic (exact) mass is 385 g/mol. The SMILES string of the molecule is CC1(CS(=O)(=O)N2CCC(Oc3ccccc3F)CC2)NC(=O)NC1=O. The van der Waals surface area contributed by atoms with Gasteiger partial charge in [0.2, 0.25) is 10.0 Å². The van der Waals surface area contributed by atoms with Crippen molar-refractivity contribution in [1.82, 2.24) is 14.9 Å². The van der Waals surface area contributed by atoms with Crippen LogP contribution in [0, 0.1) is 5.82 Å². The highest BCUT2D eigenvalue weighted by atomic mass is 32.2. The van der Waals surface area contributed by atoms with Crippen LogP contribution < -0.4 is 15.4 Å². The number of hydrogen-bond donors (Lipinski definition) is 2. The van der Waals surface area contributed by atoms with Crippen LogP contribution in [0.15, 0.2) is 24.3 Å². The van der Waals surface area contributed by atoms with Gasteiger partial charge in [0.05, 0.1) is 5.75 Å². The number of halogens is 1. The summed E-state index contributed by atoms with van der Waals surface area (Å²) in [7, 11) is -3.76. The first kappa shape index (κ1) is 18.6. The van der Waals surface area contributed by atoms with Gasteiger partial charge in [-0.25, -0.2) is 21.9 Å². The highest BCUT2D eigenvalue weighted by Gasteiger charge is 2.46. The molecule has 1 unspecified atom stereocenters. The molecule has 2 aliphatic heterocycles. The molecule has 2 aliphatic rings. The van der Waals surface area contributed by atoms with Crippen molar-refractivity contribution in [3.8, 4) is 5.75 Å². The number of nitrogens with one attached hydrogen (secondary N) is 2. The van der Waals surface area contributed by atoms with Crippen LogP contribution in [0.4, 0.5) is 9.18 Å². The minimum absolute atomic E-state index is 0.145. The van der Waals surface area contributed by atoms with Gasteiger partial charge in [0.15, 0.2) is 11.6 Å². The number of benzene rings is 1. The second-order valence-corrected chi connectivity index (χ2v) is 8.61. The Hall–Kier alpha value is -2.20. The number of ether oxygens (including phenoxy) is 1. The van der Waals surface area contributed by atoms with E-state index < -0.39 is 39.1 Å². The molecule has 1 atom stereocenters. The van der Waals surface area contributed by atoms with Crippen LogP contribution in [0.2, 0.25) is 0 Å². The molecule has 10 heteroatoms. The Morgan fingerprint density at radius 1 is 1.27 bits per heavy atom. The number of hydrogen-bond acceptors (Lipinski definition) is 5. The Morgan fingerprint density at radius 2 is 1.92 bits per heavy atom. The lowest BCUT2D eigenvalue weighted by atomic mass is 10.1. The average Bonchev–Trinajstić information content (AvgIpc) is 2.81. The summed E-state index contributed by atoms with van der Waals surface area (Å²) in [5.74, 6) is -1.50. The van der Waals surface area contributed by atoms with E-state index in [4.69, 9.17) is 4.74 Å². The minimum atomic E-state index is -3.76. The molecule has 3 rings (SSSR count). The van der Waals surface area contributed by atoms with Crippen molar-refractivity contribution >= 4 is 22.0 Å². The zero-order chi connectivity index (χ0) is 18.9. The second kappa shape index (κ2) is 6.84. The molecule has 2 saturated heterocycles. The van der Waals surface area contributed by atoms with Crippen molar-refractivity contribution < 1.29 is 27.1 Å². The zero-order valence-corrected chi connectivity index (χ0v) is 15.0. The summed E-state index contributed by atoms with van der Waals surface area (Å²) in [5.41, 5.74) is -1.49. The second-order valence-electron chi connectivity index (χ2n) is 6.64. The Bertz CT molecular complexity index is 823. The van der Waals surface area contributed by atoms with Gasteiger partial charge in [-0.3, -0.25) is 10.1 Å². The van der Waals surface area contributed by atoms with E-state index in [1.807, 2.05) is 5.32 Å². The van der Waals surface area contributed by atoms with Crippen LogP contribution in [0.1, 0.15) is 19.8 Å². The minimum Gasteiger partial charge on any atom is -0.487 e. The fourth-order valence-electron chi connectivity index (χ4n) is 3.09. The molecule has 2 N–H and O–H groups in total. The summed E-state index contributed by atoms with van der Waals surface area (Å²) < 4.78 is 45.8. The van der Waals surface area contributed by atoms with Crippen LogP contribution in [0.3, 0.4) is 0 Å². The molecule has 0 saturated carbocycles. The molecule has 1 aromatic rings. The molecule has 2 fully saturated rings. The Morgan fingerprint density at radius 3 is 2.50 bits per heavy atom. The standard InChI is InChI=1S/C16H20FN3O5S/c1-16(14(21)18-15(22)19-16)10-26(23,24)20-8-6-11(7-9-20)25-13-5-3-2-4-12(13)17/h2-5,11H,6-10H2,1H3,(H2,18,19,21,22). The van der Waals surface area contributed by atoms with E-state index in [0.717, 1.165) is 0 Å². The Labute approximate surface area is 150 Å². The number of sulfonamides is 1. The topological polar surface area (TPSA) is 105 Å². The van der Waals surface area contributed by atoms with E-state index in [2.05, 4.69) is 5.32 Å². The van der Waals surface area contributed by atoms with Gasteiger partial charge < -0.3 is 10.1 Å². The molecule has 2 heterocycles. The lowest BCUT2D eigenvalue weighted by molar-refractivity contribution is -0.122. The van der Waals surface area contributed by atoms with E-state index >= 15 is 0 Å². The van der Waals surface area contributed by atoms with E-state index in [-0.39, 0.29) is 24.9 Å². The molecule has 8 nitrogen and oxygen atoms in total. The van der Waals surface area contributed by atoms with Crippen molar-refractivity contribution in [2.75, 3.05) is 18.8 Å². The molecular weight excluding hydrogens is 365 g/mol. The number of amides is 3. The largest absolute Gasteiger partial charge is 0.487 e. The number of imide groups is 1. The Balaban J connectivity index is 1.59. The highest BCUT2D eigenvalue weighted by molar-refractivity contribution is 7.89. The first-order valence-electron chi connectivity index (χ1n) is 8.22. The summed E-state index contributed by atoms with van der Waals surface area (Å²) in [6, 6.07) is 5.36. The first-order chi connectivity index (χ1) is 12.2. The molecule has 0 aliphatic carbocycles. The summed E-state index contributed by atoms with van der Waals surface area (Å²) in [6.07, 6.45) is 0.523. The summed E-state index contributed by atoms with van der Waals surface area (Å²) >= 11 is 0. The van der Waals surface area contributed by atoms with Gasteiger partial charge in [-0.1, -0.05) is 12.1 Å². The van der Waals surface area contributed by atoms with Gasteiger partial charge in [0, 0.05) is 13.1 Å². The van der Waals surface area contributed by atoms with Crippen LogP contribution in [0.25, 0.3) is 0 Å². The molecule has 0 bridgehead atoms. The molecular formula is C16H20FN3O5S. The van der Waals surface area contributed by atoms with Gasteiger partial charge in [0.25, 0.3) is 5.91 Å². The Kier molecular flexibility index (Phi) is 4.89. The van der Waals surface area contributed by atoms with Crippen LogP contribution >= 0.6 is 0 Å². The molecule has 0 aromatic heterocycles. The van der Waals surface area contributed by atoms with Gasteiger partial charge >= 0.3 is 6.03 Å². The first-order valence-corrected chi connectivity index (χ1v) is 9.83. The van der Waals surface area contributed by atoms with Crippen molar-refractivity contribution in [1.29, 1.82) is 0 Å². The lowest BCUT2D eigenvalue weighted by Gasteiger charge is -2.33. The molecule has 1 aromatic carbocycles. The number of para-hydroxylation sites is 1. The fourth-order valence-corrected chi connectivity index (χ4v) is 4.97. The number of piperidine rings is 1. The zero-order valence-electron chi connectivity index (χ0n) is 14.2. The third kappa shape index (κ3) is 3.80. The van der Waals surface area contributed by atoms with Gasteiger partial charge in [-0.2, -0.15) is 0 Å². The summed E-state index contributed by atoms with van der Waals surface area (Å²) in [5, 5.41) is 4.40. The lowest BCUT2D eigenvalue weighted by Crippen LogP contribution is -2.53. The van der Waals surface area contributed by atoms with Crippen LogP contribution in [-0.2, 0) is 14.8 Å². The van der Waals surface area contributed by atoms with Gasteiger partial charge in [0.1, 0.15) is 11.6 Å². The fraction of sp³-hybridized carbons (Fsp3) is 0.500. The molecule has 3 amide bonds. The van der Waals surface area contributed by atoms with Crippen molar-refractivity contribution in [3.05, 3.63) is 30.1 Å². The van der Waals surface area contributed by atoms with Crippen LogP contribution in [0.5, 0.6) is 5.75 Å². The average molecular weight is 385 g/mol. The maximum absolute atomic E-state index is 13.6. The number of rotatable bonds is 5.